The second kappa shape index (κ2) is 5.12. The summed E-state index contributed by atoms with van der Waals surface area (Å²) in [5.74, 6) is 0. The summed E-state index contributed by atoms with van der Waals surface area (Å²) in [6.45, 7) is 5.89. The molecule has 0 radical (unpaired) electrons. The molecule has 2 N–H and O–H groups in total. The molecule has 0 aliphatic rings. The van der Waals surface area contributed by atoms with Gasteiger partial charge in [0.2, 0.25) is 0 Å². The van der Waals surface area contributed by atoms with Crippen LogP contribution in [0.2, 0.25) is 0 Å². The van der Waals surface area contributed by atoms with Gasteiger partial charge in [0.1, 0.15) is 0 Å². The van der Waals surface area contributed by atoms with Gasteiger partial charge in [0.05, 0.1) is 12.1 Å². The van der Waals surface area contributed by atoms with E-state index in [1.165, 1.54) is 0 Å². The van der Waals surface area contributed by atoms with Crippen LogP contribution < -0.4 is 5.32 Å². The zero-order valence-electron chi connectivity index (χ0n) is 10.4. The number of nitrogens with one attached hydrogen (secondary N) is 1. The van der Waals surface area contributed by atoms with Gasteiger partial charge in [-0.3, -0.25) is 4.99 Å². The maximum Gasteiger partial charge on any atom is 0.0786 e. The van der Waals surface area contributed by atoms with Crippen molar-refractivity contribution >= 4 is 11.4 Å². The molecule has 0 aromatic heterocycles. The first-order valence-electron chi connectivity index (χ1n) is 5.44. The number of rotatable bonds is 4. The zero-order chi connectivity index (χ0) is 12.2. The molecule has 1 aromatic rings. The third kappa shape index (κ3) is 3.66. The van der Waals surface area contributed by atoms with Crippen molar-refractivity contribution in [2.45, 2.75) is 26.4 Å². The molecule has 0 amide bonds. The van der Waals surface area contributed by atoms with Crippen LogP contribution in [0.5, 0.6) is 0 Å². The predicted molar refractivity (Wildman–Crippen MR) is 69.4 cm³/mol. The van der Waals surface area contributed by atoms with E-state index in [0.29, 0.717) is 6.54 Å². The molecular formula is C13H20N2O. The number of hydrogen-bond donors (Lipinski definition) is 2. The monoisotopic (exact) mass is 220 g/mol. The van der Waals surface area contributed by atoms with E-state index in [0.717, 1.165) is 17.0 Å². The van der Waals surface area contributed by atoms with E-state index in [4.69, 9.17) is 0 Å². The van der Waals surface area contributed by atoms with Crippen molar-refractivity contribution < 1.29 is 5.11 Å². The van der Waals surface area contributed by atoms with Crippen molar-refractivity contribution in [3.05, 3.63) is 29.8 Å². The molecule has 0 fully saturated rings. The van der Waals surface area contributed by atoms with Crippen LogP contribution in [0.15, 0.2) is 29.3 Å². The Morgan fingerprint density at radius 1 is 1.38 bits per heavy atom. The first-order valence-corrected chi connectivity index (χ1v) is 5.44. The lowest BCUT2D eigenvalue weighted by Gasteiger charge is -2.15. The minimum Gasteiger partial charge on any atom is -0.389 e. The fourth-order valence-electron chi connectivity index (χ4n) is 1.41. The Bertz CT molecular complexity index is 378. The van der Waals surface area contributed by atoms with Crippen LogP contribution in [-0.2, 0) is 0 Å². The van der Waals surface area contributed by atoms with E-state index in [2.05, 4.69) is 10.3 Å². The second-order valence-corrected chi connectivity index (χ2v) is 4.51. The smallest absolute Gasteiger partial charge is 0.0786 e. The average Bonchev–Trinajstić information content (AvgIpc) is 2.25. The number of aliphatic imine (C=N–C) groups is 1. The van der Waals surface area contributed by atoms with E-state index in [9.17, 15) is 5.11 Å². The van der Waals surface area contributed by atoms with E-state index < -0.39 is 5.60 Å². The highest BCUT2D eigenvalue weighted by molar-refractivity contribution is 6.03. The van der Waals surface area contributed by atoms with E-state index in [-0.39, 0.29) is 0 Å². The number of nitrogens with zero attached hydrogens (tertiary/aromatic N) is 1. The van der Waals surface area contributed by atoms with Crippen LogP contribution in [0.3, 0.4) is 0 Å². The van der Waals surface area contributed by atoms with Gasteiger partial charge in [0.15, 0.2) is 0 Å². The van der Waals surface area contributed by atoms with Crippen LogP contribution in [0, 0.1) is 0 Å². The van der Waals surface area contributed by atoms with Gasteiger partial charge in [-0.1, -0.05) is 18.2 Å². The Morgan fingerprint density at radius 3 is 2.56 bits per heavy atom. The fourth-order valence-corrected chi connectivity index (χ4v) is 1.41. The Morgan fingerprint density at radius 2 is 2.00 bits per heavy atom. The number of anilines is 1. The summed E-state index contributed by atoms with van der Waals surface area (Å²) in [7, 11) is 1.89. The lowest BCUT2D eigenvalue weighted by molar-refractivity contribution is 0.0904. The molecule has 0 unspecified atom stereocenters. The van der Waals surface area contributed by atoms with Gasteiger partial charge >= 0.3 is 0 Å². The molecule has 1 aromatic carbocycles. The molecule has 1 rings (SSSR count). The largest absolute Gasteiger partial charge is 0.389 e. The van der Waals surface area contributed by atoms with Crippen LogP contribution in [0.1, 0.15) is 26.3 Å². The van der Waals surface area contributed by atoms with Crippen molar-refractivity contribution in [2.24, 2.45) is 4.99 Å². The van der Waals surface area contributed by atoms with Gasteiger partial charge < -0.3 is 10.4 Å². The van der Waals surface area contributed by atoms with Gasteiger partial charge in [-0.2, -0.15) is 0 Å². The maximum atomic E-state index is 9.62. The third-order valence-electron chi connectivity index (χ3n) is 2.29. The van der Waals surface area contributed by atoms with Crippen LogP contribution in [-0.4, -0.2) is 30.0 Å². The minimum absolute atomic E-state index is 0.414. The Balaban J connectivity index is 2.91. The van der Waals surface area contributed by atoms with E-state index >= 15 is 0 Å². The van der Waals surface area contributed by atoms with Gasteiger partial charge in [-0.05, 0) is 26.8 Å². The molecule has 88 valence electrons. The first kappa shape index (κ1) is 12.7. The fraction of sp³-hybridized carbons (Fsp3) is 0.462. The van der Waals surface area contributed by atoms with Crippen LogP contribution in [0.4, 0.5) is 5.69 Å². The standard InChI is InChI=1S/C13H20N2O/c1-10(15-9-13(2,3)16)11-7-5-6-8-12(11)14-4/h5-8,14,16H,9H2,1-4H3. The van der Waals surface area contributed by atoms with Gasteiger partial charge in [0, 0.05) is 24.0 Å². The summed E-state index contributed by atoms with van der Waals surface area (Å²) in [6.07, 6.45) is 0. The number of para-hydroxylation sites is 1. The topological polar surface area (TPSA) is 44.6 Å². The predicted octanol–water partition coefficient (Wildman–Crippen LogP) is 2.31. The van der Waals surface area contributed by atoms with Gasteiger partial charge in [0.25, 0.3) is 0 Å². The van der Waals surface area contributed by atoms with Crippen molar-refractivity contribution in [3.63, 3.8) is 0 Å². The summed E-state index contributed by atoms with van der Waals surface area (Å²) in [5.41, 5.74) is 2.32. The highest BCUT2D eigenvalue weighted by Crippen LogP contribution is 2.15. The Kier molecular flexibility index (Phi) is 4.07. The molecule has 0 saturated carbocycles. The SMILES string of the molecule is CNc1ccccc1C(C)=NCC(C)(C)O. The molecule has 0 atom stereocenters. The second-order valence-electron chi connectivity index (χ2n) is 4.51. The van der Waals surface area contributed by atoms with Crippen LogP contribution >= 0.6 is 0 Å². The first-order chi connectivity index (χ1) is 7.44. The highest BCUT2D eigenvalue weighted by Gasteiger charge is 2.11. The summed E-state index contributed by atoms with van der Waals surface area (Å²) in [6, 6.07) is 8.01. The molecule has 0 aliphatic carbocycles. The average molecular weight is 220 g/mol. The quantitative estimate of drug-likeness (QED) is 0.765. The minimum atomic E-state index is -0.754. The lowest BCUT2D eigenvalue weighted by atomic mass is 10.1. The van der Waals surface area contributed by atoms with Gasteiger partial charge in [-0.25, -0.2) is 0 Å². The summed E-state index contributed by atoms with van der Waals surface area (Å²) in [5, 5.41) is 12.7. The highest BCUT2D eigenvalue weighted by atomic mass is 16.3. The van der Waals surface area contributed by atoms with Gasteiger partial charge in [-0.15, -0.1) is 0 Å². The lowest BCUT2D eigenvalue weighted by Crippen LogP contribution is -2.23. The number of aliphatic hydroxyl groups is 1. The molecule has 3 heteroatoms. The summed E-state index contributed by atoms with van der Waals surface area (Å²) >= 11 is 0. The normalized spacial score (nSPS) is 12.7. The van der Waals surface area contributed by atoms with E-state index in [1.54, 1.807) is 13.8 Å². The zero-order valence-corrected chi connectivity index (χ0v) is 10.4. The molecule has 16 heavy (non-hydrogen) atoms. The summed E-state index contributed by atoms with van der Waals surface area (Å²) in [4.78, 5) is 4.40. The molecule has 0 aliphatic heterocycles. The van der Waals surface area contributed by atoms with Crippen molar-refractivity contribution in [1.82, 2.24) is 0 Å². The summed E-state index contributed by atoms with van der Waals surface area (Å²) < 4.78 is 0. The molecule has 0 saturated heterocycles. The molecule has 3 nitrogen and oxygen atoms in total. The number of hydrogen-bond acceptors (Lipinski definition) is 3. The molecule has 0 bridgehead atoms. The molecule has 0 spiro atoms. The van der Waals surface area contributed by atoms with Crippen molar-refractivity contribution in [2.75, 3.05) is 18.9 Å². The molecular weight excluding hydrogens is 200 g/mol. The number of benzene rings is 1. The maximum absolute atomic E-state index is 9.62. The van der Waals surface area contributed by atoms with Crippen LogP contribution in [0.25, 0.3) is 0 Å². The van der Waals surface area contributed by atoms with Crippen molar-refractivity contribution in [3.8, 4) is 0 Å². The Labute approximate surface area is 97.2 Å². The molecule has 0 heterocycles. The van der Waals surface area contributed by atoms with Crippen molar-refractivity contribution in [1.29, 1.82) is 0 Å². The van der Waals surface area contributed by atoms with E-state index in [1.807, 2.05) is 38.2 Å². The Hall–Kier alpha value is -1.35. The third-order valence-corrected chi connectivity index (χ3v) is 2.29.